The first-order chi connectivity index (χ1) is 8.06. The Kier molecular flexibility index (Phi) is 4.42. The molecular weight excluding hydrogens is 224 g/mol. The SMILES string of the molecule is C/C=C/n1c(C(OC)OC)cc(=O)n(C)c1=O. The minimum absolute atomic E-state index is 0.362. The van der Waals surface area contributed by atoms with E-state index in [0.29, 0.717) is 5.69 Å². The van der Waals surface area contributed by atoms with Gasteiger partial charge in [-0.25, -0.2) is 4.79 Å². The third-order valence-electron chi connectivity index (χ3n) is 2.34. The van der Waals surface area contributed by atoms with E-state index in [1.807, 2.05) is 0 Å². The largest absolute Gasteiger partial charge is 0.350 e. The van der Waals surface area contributed by atoms with Crippen molar-refractivity contribution >= 4 is 6.20 Å². The Labute approximate surface area is 98.7 Å². The summed E-state index contributed by atoms with van der Waals surface area (Å²) in [6, 6.07) is 1.32. The summed E-state index contributed by atoms with van der Waals surface area (Å²) < 4.78 is 12.5. The van der Waals surface area contributed by atoms with Crippen LogP contribution in [-0.4, -0.2) is 23.4 Å². The molecule has 1 rings (SSSR count). The van der Waals surface area contributed by atoms with Gasteiger partial charge in [-0.2, -0.15) is 0 Å². The molecule has 0 atom stereocenters. The molecule has 94 valence electrons. The molecular formula is C11H16N2O4. The molecule has 0 aliphatic carbocycles. The Morgan fingerprint density at radius 3 is 2.35 bits per heavy atom. The van der Waals surface area contributed by atoms with Gasteiger partial charge in [0.2, 0.25) is 0 Å². The summed E-state index contributed by atoms with van der Waals surface area (Å²) in [6.45, 7) is 1.77. The molecule has 1 aromatic rings. The highest BCUT2D eigenvalue weighted by molar-refractivity contribution is 5.25. The summed E-state index contributed by atoms with van der Waals surface area (Å²) in [7, 11) is 4.30. The van der Waals surface area contributed by atoms with E-state index in [1.165, 1.54) is 31.9 Å². The topological polar surface area (TPSA) is 62.5 Å². The van der Waals surface area contributed by atoms with E-state index in [4.69, 9.17) is 9.47 Å². The molecule has 17 heavy (non-hydrogen) atoms. The minimum Gasteiger partial charge on any atom is -0.350 e. The van der Waals surface area contributed by atoms with Crippen LogP contribution in [0.25, 0.3) is 6.20 Å². The number of hydrogen-bond donors (Lipinski definition) is 0. The first-order valence-corrected chi connectivity index (χ1v) is 5.07. The first-order valence-electron chi connectivity index (χ1n) is 5.07. The second-order valence-corrected chi connectivity index (χ2v) is 3.40. The van der Waals surface area contributed by atoms with Gasteiger partial charge in [0.25, 0.3) is 5.56 Å². The summed E-state index contributed by atoms with van der Waals surface area (Å²) in [5, 5.41) is 0. The minimum atomic E-state index is -0.757. The fraction of sp³-hybridized carbons (Fsp3) is 0.455. The van der Waals surface area contributed by atoms with Gasteiger partial charge in [0.05, 0.1) is 5.69 Å². The van der Waals surface area contributed by atoms with Gasteiger partial charge in [0.15, 0.2) is 6.29 Å². The third-order valence-corrected chi connectivity index (χ3v) is 2.34. The molecule has 0 spiro atoms. The molecule has 1 aromatic heterocycles. The number of aromatic nitrogens is 2. The molecule has 0 aliphatic rings. The van der Waals surface area contributed by atoms with E-state index in [0.717, 1.165) is 4.57 Å². The molecule has 0 bridgehead atoms. The average molecular weight is 240 g/mol. The summed E-state index contributed by atoms with van der Waals surface area (Å²) >= 11 is 0. The average Bonchev–Trinajstić information content (AvgIpc) is 2.32. The number of ether oxygens (including phenoxy) is 2. The van der Waals surface area contributed by atoms with Gasteiger partial charge in [-0.3, -0.25) is 13.9 Å². The molecule has 0 fully saturated rings. The van der Waals surface area contributed by atoms with Crippen LogP contribution in [0.3, 0.4) is 0 Å². The number of nitrogens with zero attached hydrogens (tertiary/aromatic N) is 2. The standard InChI is InChI=1S/C11H16N2O4/c1-5-6-13-8(10(16-3)17-4)7-9(14)12(2)11(13)15/h5-7,10H,1-4H3/b6-5+. The molecule has 0 unspecified atom stereocenters. The maximum atomic E-state index is 11.9. The molecule has 0 aromatic carbocycles. The fourth-order valence-electron chi connectivity index (χ4n) is 1.48. The molecule has 6 nitrogen and oxygen atoms in total. The monoisotopic (exact) mass is 240 g/mol. The van der Waals surface area contributed by atoms with Crippen molar-refractivity contribution in [3.8, 4) is 0 Å². The van der Waals surface area contributed by atoms with E-state index in [1.54, 1.807) is 19.2 Å². The Bertz CT molecular complexity index is 523. The van der Waals surface area contributed by atoms with Gasteiger partial charge in [0.1, 0.15) is 0 Å². The van der Waals surface area contributed by atoms with Crippen LogP contribution in [0, 0.1) is 0 Å². The van der Waals surface area contributed by atoms with Gasteiger partial charge < -0.3 is 9.47 Å². The molecule has 6 heteroatoms. The highest BCUT2D eigenvalue weighted by Gasteiger charge is 2.16. The summed E-state index contributed by atoms with van der Waals surface area (Å²) in [5.74, 6) is 0. The van der Waals surface area contributed by atoms with Crippen molar-refractivity contribution < 1.29 is 9.47 Å². The van der Waals surface area contributed by atoms with Crippen molar-refractivity contribution in [3.05, 3.63) is 38.7 Å². The highest BCUT2D eigenvalue weighted by Crippen LogP contribution is 2.14. The molecule has 0 N–H and O–H groups in total. The lowest BCUT2D eigenvalue weighted by Gasteiger charge is -2.17. The fourth-order valence-corrected chi connectivity index (χ4v) is 1.48. The van der Waals surface area contributed by atoms with Gasteiger partial charge in [-0.15, -0.1) is 0 Å². The summed E-state index contributed by atoms with van der Waals surface area (Å²) in [4.78, 5) is 23.5. The van der Waals surface area contributed by atoms with Crippen molar-refractivity contribution in [1.82, 2.24) is 9.13 Å². The molecule has 0 amide bonds. The lowest BCUT2D eigenvalue weighted by Crippen LogP contribution is -2.38. The lowest BCUT2D eigenvalue weighted by molar-refractivity contribution is -0.110. The van der Waals surface area contributed by atoms with Gasteiger partial charge in [0, 0.05) is 33.5 Å². The number of methoxy groups -OCH3 is 2. The van der Waals surface area contributed by atoms with Gasteiger partial charge in [-0.05, 0) is 6.92 Å². The third kappa shape index (κ3) is 2.54. The van der Waals surface area contributed by atoms with Gasteiger partial charge in [-0.1, -0.05) is 6.08 Å². The maximum absolute atomic E-state index is 11.9. The summed E-state index contributed by atoms with van der Waals surface area (Å²) in [5.41, 5.74) is -0.476. The van der Waals surface area contributed by atoms with Crippen molar-refractivity contribution in [2.75, 3.05) is 14.2 Å². The van der Waals surface area contributed by atoms with Crippen LogP contribution in [-0.2, 0) is 16.5 Å². The van der Waals surface area contributed by atoms with Crippen molar-refractivity contribution in [3.63, 3.8) is 0 Å². The van der Waals surface area contributed by atoms with Crippen LogP contribution in [0.2, 0.25) is 0 Å². The number of hydrogen-bond acceptors (Lipinski definition) is 4. The summed E-state index contributed by atoms with van der Waals surface area (Å²) in [6.07, 6.45) is 2.49. The first kappa shape index (κ1) is 13.4. The predicted octanol–water partition coefficient (Wildman–Crippen LogP) is 0.329. The zero-order valence-corrected chi connectivity index (χ0v) is 10.3. The smallest absolute Gasteiger partial charge is 0.335 e. The van der Waals surface area contributed by atoms with E-state index >= 15 is 0 Å². The Morgan fingerprint density at radius 1 is 1.29 bits per heavy atom. The van der Waals surface area contributed by atoms with E-state index in [9.17, 15) is 9.59 Å². The Morgan fingerprint density at radius 2 is 1.88 bits per heavy atom. The van der Waals surface area contributed by atoms with Crippen LogP contribution in [0.5, 0.6) is 0 Å². The molecule has 1 heterocycles. The quantitative estimate of drug-likeness (QED) is 0.711. The number of rotatable bonds is 4. The molecule has 0 aliphatic heterocycles. The molecule has 0 radical (unpaired) electrons. The normalized spacial score (nSPS) is 11.6. The highest BCUT2D eigenvalue weighted by atomic mass is 16.7. The molecule has 0 saturated carbocycles. The zero-order chi connectivity index (χ0) is 13.0. The lowest BCUT2D eigenvalue weighted by atomic mass is 10.3. The molecule has 0 saturated heterocycles. The second-order valence-electron chi connectivity index (χ2n) is 3.40. The van der Waals surface area contributed by atoms with Crippen molar-refractivity contribution in [2.45, 2.75) is 13.2 Å². The Hall–Kier alpha value is -1.66. The van der Waals surface area contributed by atoms with Crippen LogP contribution in [0.1, 0.15) is 18.9 Å². The van der Waals surface area contributed by atoms with E-state index in [2.05, 4.69) is 0 Å². The van der Waals surface area contributed by atoms with E-state index < -0.39 is 17.5 Å². The van der Waals surface area contributed by atoms with Crippen LogP contribution >= 0.6 is 0 Å². The van der Waals surface area contributed by atoms with Crippen molar-refractivity contribution in [2.24, 2.45) is 7.05 Å². The van der Waals surface area contributed by atoms with Crippen LogP contribution in [0.4, 0.5) is 0 Å². The second kappa shape index (κ2) is 5.60. The van der Waals surface area contributed by atoms with E-state index in [-0.39, 0.29) is 0 Å². The Balaban J connectivity index is 3.58. The van der Waals surface area contributed by atoms with Crippen LogP contribution in [0.15, 0.2) is 21.7 Å². The number of allylic oxidation sites excluding steroid dienone is 1. The maximum Gasteiger partial charge on any atom is 0.335 e. The zero-order valence-electron chi connectivity index (χ0n) is 10.3. The van der Waals surface area contributed by atoms with Crippen LogP contribution < -0.4 is 11.2 Å². The predicted molar refractivity (Wildman–Crippen MR) is 63.7 cm³/mol. The van der Waals surface area contributed by atoms with Gasteiger partial charge >= 0.3 is 5.69 Å². The van der Waals surface area contributed by atoms with Crippen molar-refractivity contribution in [1.29, 1.82) is 0 Å².